The number of nitrogens with zero attached hydrogens (tertiary/aromatic N) is 3. The van der Waals surface area contributed by atoms with E-state index in [0.29, 0.717) is 16.8 Å². The Balaban J connectivity index is 2.34. The van der Waals surface area contributed by atoms with Gasteiger partial charge in [-0.25, -0.2) is 9.97 Å². The number of aromatic nitrogens is 3. The van der Waals surface area contributed by atoms with Crippen LogP contribution in [0.4, 0.5) is 0 Å². The highest BCUT2D eigenvalue weighted by Crippen LogP contribution is 2.24. The number of hydrogen-bond donors (Lipinski definition) is 1. The van der Waals surface area contributed by atoms with E-state index in [-0.39, 0.29) is 0 Å². The molecule has 1 N–H and O–H groups in total. The number of aryl methyl sites for hydroxylation is 2. The Morgan fingerprint density at radius 3 is 2.38 bits per heavy atom. The second-order valence-corrected chi connectivity index (χ2v) is 5.64. The number of rotatable bonds is 5. The smallest absolute Gasteiger partial charge is 0.178 e. The maximum Gasteiger partial charge on any atom is 0.178 e. The van der Waals surface area contributed by atoms with Crippen molar-refractivity contribution in [1.82, 2.24) is 20.3 Å². The van der Waals surface area contributed by atoms with Crippen LogP contribution in [0.25, 0.3) is 11.5 Å². The number of halogens is 1. The molecular formula is C16H21ClN4. The number of pyridine rings is 1. The average molecular weight is 305 g/mol. The zero-order valence-electron chi connectivity index (χ0n) is 12.9. The fraction of sp³-hybridized carbons (Fsp3) is 0.438. The Hall–Kier alpha value is -1.52. The van der Waals surface area contributed by atoms with Crippen LogP contribution in [0.2, 0.25) is 5.02 Å². The summed E-state index contributed by atoms with van der Waals surface area (Å²) < 4.78 is 0. The van der Waals surface area contributed by atoms with Crippen molar-refractivity contribution < 1.29 is 0 Å². The van der Waals surface area contributed by atoms with Crippen molar-refractivity contribution in [1.29, 1.82) is 0 Å². The van der Waals surface area contributed by atoms with E-state index >= 15 is 0 Å². The molecule has 4 nitrogen and oxygen atoms in total. The molecule has 0 aromatic carbocycles. The van der Waals surface area contributed by atoms with Crippen molar-refractivity contribution in [2.75, 3.05) is 13.1 Å². The molecule has 1 unspecified atom stereocenters. The molecule has 0 radical (unpaired) electrons. The molecule has 1 atom stereocenters. The monoisotopic (exact) mass is 304 g/mol. The van der Waals surface area contributed by atoms with Crippen LogP contribution in [-0.4, -0.2) is 28.0 Å². The molecule has 0 aliphatic carbocycles. The third-order valence-corrected chi connectivity index (χ3v) is 3.70. The van der Waals surface area contributed by atoms with Gasteiger partial charge in [-0.3, -0.25) is 4.98 Å². The summed E-state index contributed by atoms with van der Waals surface area (Å²) in [6, 6.07) is 3.65. The van der Waals surface area contributed by atoms with Crippen LogP contribution in [0.1, 0.15) is 36.7 Å². The Morgan fingerprint density at radius 1 is 1.19 bits per heavy atom. The lowest BCUT2D eigenvalue weighted by atomic mass is 9.98. The summed E-state index contributed by atoms with van der Waals surface area (Å²) in [6.45, 7) is 10.3. The van der Waals surface area contributed by atoms with E-state index in [4.69, 9.17) is 11.6 Å². The van der Waals surface area contributed by atoms with Gasteiger partial charge in [0.1, 0.15) is 5.69 Å². The maximum atomic E-state index is 5.87. The molecule has 112 valence electrons. The fourth-order valence-electron chi connectivity index (χ4n) is 2.52. The van der Waals surface area contributed by atoms with Crippen molar-refractivity contribution >= 4 is 11.6 Å². The number of likely N-dealkylation sites (N-methyl/N-ethyl adjacent to an activating group) is 1. The third kappa shape index (κ3) is 3.77. The molecule has 5 heteroatoms. The quantitative estimate of drug-likeness (QED) is 0.918. The normalized spacial score (nSPS) is 12.4. The van der Waals surface area contributed by atoms with Gasteiger partial charge in [-0.15, -0.1) is 0 Å². The Bertz CT molecular complexity index is 587. The van der Waals surface area contributed by atoms with Crippen molar-refractivity contribution in [3.63, 3.8) is 0 Å². The van der Waals surface area contributed by atoms with Gasteiger partial charge in [0.05, 0.1) is 5.02 Å². The highest BCUT2D eigenvalue weighted by atomic mass is 35.5. The van der Waals surface area contributed by atoms with Crippen molar-refractivity contribution in [3.8, 4) is 11.5 Å². The minimum atomic E-state index is 0.386. The van der Waals surface area contributed by atoms with Crippen LogP contribution >= 0.6 is 11.6 Å². The van der Waals surface area contributed by atoms with E-state index in [0.717, 1.165) is 30.2 Å². The molecule has 2 aromatic rings. The predicted octanol–water partition coefficient (Wildman–Crippen LogP) is 3.52. The molecule has 2 aromatic heterocycles. The predicted molar refractivity (Wildman–Crippen MR) is 86.7 cm³/mol. The van der Waals surface area contributed by atoms with Crippen LogP contribution in [0, 0.1) is 13.8 Å². The Morgan fingerprint density at radius 2 is 1.86 bits per heavy atom. The molecule has 2 heterocycles. The van der Waals surface area contributed by atoms with Gasteiger partial charge in [0.15, 0.2) is 5.82 Å². The van der Waals surface area contributed by atoms with E-state index in [1.54, 1.807) is 12.3 Å². The number of hydrogen-bond acceptors (Lipinski definition) is 4. The largest absolute Gasteiger partial charge is 0.316 e. The first-order valence-corrected chi connectivity index (χ1v) is 7.58. The minimum Gasteiger partial charge on any atom is -0.316 e. The molecule has 0 aliphatic heterocycles. The van der Waals surface area contributed by atoms with Gasteiger partial charge in [0.2, 0.25) is 0 Å². The summed E-state index contributed by atoms with van der Waals surface area (Å²) in [5.74, 6) is 1.04. The summed E-state index contributed by atoms with van der Waals surface area (Å²) >= 11 is 5.87. The van der Waals surface area contributed by atoms with Crippen molar-refractivity contribution in [3.05, 3.63) is 40.3 Å². The summed E-state index contributed by atoms with van der Waals surface area (Å²) in [7, 11) is 0. The van der Waals surface area contributed by atoms with Crippen LogP contribution < -0.4 is 5.32 Å². The highest BCUT2D eigenvalue weighted by molar-refractivity contribution is 6.30. The van der Waals surface area contributed by atoms with Gasteiger partial charge in [-0.05, 0) is 44.0 Å². The second kappa shape index (κ2) is 6.96. The third-order valence-electron chi connectivity index (χ3n) is 3.48. The summed E-state index contributed by atoms with van der Waals surface area (Å²) in [6.07, 6.45) is 1.62. The number of nitrogens with one attached hydrogen (secondary N) is 1. The summed E-state index contributed by atoms with van der Waals surface area (Å²) in [5, 5.41) is 3.98. The van der Waals surface area contributed by atoms with E-state index in [2.05, 4.69) is 34.1 Å². The van der Waals surface area contributed by atoms with Crippen molar-refractivity contribution in [2.45, 2.75) is 33.6 Å². The SMILES string of the molecule is CCNCC(C)c1c(C)nc(-c2ccc(Cl)cn2)nc1C. The Labute approximate surface area is 131 Å². The second-order valence-electron chi connectivity index (χ2n) is 5.20. The summed E-state index contributed by atoms with van der Waals surface area (Å²) in [5.41, 5.74) is 3.99. The summed E-state index contributed by atoms with van der Waals surface area (Å²) in [4.78, 5) is 13.5. The molecule has 0 aliphatic rings. The molecule has 0 fully saturated rings. The van der Waals surface area contributed by atoms with Gasteiger partial charge < -0.3 is 5.32 Å². The van der Waals surface area contributed by atoms with Crippen LogP contribution in [0.3, 0.4) is 0 Å². The lowest BCUT2D eigenvalue weighted by Crippen LogP contribution is -2.21. The molecule has 0 saturated carbocycles. The van der Waals surface area contributed by atoms with Crippen molar-refractivity contribution in [2.24, 2.45) is 0 Å². The lowest BCUT2D eigenvalue weighted by Gasteiger charge is -2.17. The molecule has 0 amide bonds. The first kappa shape index (κ1) is 15.9. The van der Waals surface area contributed by atoms with E-state index in [1.807, 2.05) is 19.9 Å². The Kier molecular flexibility index (Phi) is 5.26. The van der Waals surface area contributed by atoms with E-state index < -0.39 is 0 Å². The first-order valence-electron chi connectivity index (χ1n) is 7.20. The highest BCUT2D eigenvalue weighted by Gasteiger charge is 2.15. The van der Waals surface area contributed by atoms with Gasteiger partial charge in [0, 0.05) is 24.1 Å². The van der Waals surface area contributed by atoms with Gasteiger partial charge >= 0.3 is 0 Å². The lowest BCUT2D eigenvalue weighted by molar-refractivity contribution is 0.624. The maximum absolute atomic E-state index is 5.87. The van der Waals surface area contributed by atoms with Gasteiger partial charge in [0.25, 0.3) is 0 Å². The molecule has 0 saturated heterocycles. The van der Waals surface area contributed by atoms with Crippen LogP contribution in [-0.2, 0) is 0 Å². The van der Waals surface area contributed by atoms with E-state index in [9.17, 15) is 0 Å². The molecular weight excluding hydrogens is 284 g/mol. The fourth-order valence-corrected chi connectivity index (χ4v) is 2.64. The van der Waals surface area contributed by atoms with Crippen LogP contribution in [0.5, 0.6) is 0 Å². The molecule has 2 rings (SSSR count). The zero-order chi connectivity index (χ0) is 15.4. The van der Waals surface area contributed by atoms with Crippen LogP contribution in [0.15, 0.2) is 18.3 Å². The standard InChI is InChI=1S/C16H21ClN4/c1-5-18-8-10(2)15-11(3)20-16(21-12(15)4)14-7-6-13(17)9-19-14/h6-7,9-10,18H,5,8H2,1-4H3. The minimum absolute atomic E-state index is 0.386. The van der Waals surface area contributed by atoms with Gasteiger partial charge in [-0.2, -0.15) is 0 Å². The molecule has 0 spiro atoms. The van der Waals surface area contributed by atoms with E-state index in [1.165, 1.54) is 5.56 Å². The molecule has 21 heavy (non-hydrogen) atoms. The molecule has 0 bridgehead atoms. The zero-order valence-corrected chi connectivity index (χ0v) is 13.7. The average Bonchev–Trinajstić information content (AvgIpc) is 2.45. The first-order chi connectivity index (χ1) is 10.0. The van der Waals surface area contributed by atoms with Gasteiger partial charge in [-0.1, -0.05) is 25.4 Å². The topological polar surface area (TPSA) is 50.7 Å².